The average Bonchev–Trinajstić information content (AvgIpc) is 3.31. The van der Waals surface area contributed by atoms with Crippen molar-refractivity contribution < 1.29 is 18.3 Å². The number of aromatic nitrogens is 4. The fraction of sp³-hybridized carbons (Fsp3) is 0.706. The van der Waals surface area contributed by atoms with Gasteiger partial charge < -0.3 is 14.9 Å². The fourth-order valence-electron chi connectivity index (χ4n) is 3.89. The lowest BCUT2D eigenvalue weighted by atomic mass is 9.96. The molecule has 7 nitrogen and oxygen atoms in total. The molecule has 0 spiro atoms. The minimum Gasteiger partial charge on any atom is -0.382 e. The van der Waals surface area contributed by atoms with Crippen molar-refractivity contribution in [3.8, 4) is 0 Å². The number of nitrogens with zero attached hydrogens (tertiary/aromatic N) is 6. The molecule has 2 saturated heterocycles. The molecule has 2 aromatic rings. The van der Waals surface area contributed by atoms with Gasteiger partial charge >= 0.3 is 6.18 Å². The molecular weight excluding hydrogens is 361 g/mol. The van der Waals surface area contributed by atoms with E-state index in [1.54, 1.807) is 9.42 Å². The van der Waals surface area contributed by atoms with Gasteiger partial charge in [0.25, 0.3) is 0 Å². The molecule has 1 unspecified atom stereocenters. The first-order valence-electron chi connectivity index (χ1n) is 9.36. The molecule has 0 radical (unpaired) electrons. The second-order valence-corrected chi connectivity index (χ2v) is 7.35. The number of fused-ring (bicyclic) bond motifs is 1. The molecule has 2 aliphatic heterocycles. The van der Waals surface area contributed by atoms with Crippen molar-refractivity contribution in [2.24, 2.45) is 0 Å². The third-order valence-electron chi connectivity index (χ3n) is 5.46. The summed E-state index contributed by atoms with van der Waals surface area (Å²) in [4.78, 5) is 3.89. The van der Waals surface area contributed by atoms with Crippen LogP contribution in [-0.2, 0) is 0 Å². The van der Waals surface area contributed by atoms with Gasteiger partial charge in [-0.2, -0.15) is 17.7 Å². The van der Waals surface area contributed by atoms with Crippen LogP contribution in [-0.4, -0.2) is 74.8 Å². The monoisotopic (exact) mass is 384 g/mol. The number of β-amino-alcohol motifs (C(OH)–C–C–N with tert-alkyl or cyclic N) is 1. The Hall–Kier alpha value is -1.94. The van der Waals surface area contributed by atoms with Crippen molar-refractivity contribution in [2.75, 3.05) is 37.6 Å². The Morgan fingerprint density at radius 2 is 1.78 bits per heavy atom. The van der Waals surface area contributed by atoms with Gasteiger partial charge in [0.15, 0.2) is 17.6 Å². The number of aliphatic hydroxyl groups excluding tert-OH is 1. The van der Waals surface area contributed by atoms with Crippen LogP contribution in [0, 0.1) is 0 Å². The Bertz CT molecular complexity index is 781. The summed E-state index contributed by atoms with van der Waals surface area (Å²) < 4.78 is 39.4. The normalized spacial score (nSPS) is 21.3. The summed E-state index contributed by atoms with van der Waals surface area (Å²) in [7, 11) is 0. The van der Waals surface area contributed by atoms with Gasteiger partial charge in [0.05, 0.1) is 0 Å². The van der Waals surface area contributed by atoms with Crippen LogP contribution in [0.15, 0.2) is 12.1 Å². The topological polar surface area (TPSA) is 69.8 Å². The van der Waals surface area contributed by atoms with E-state index in [-0.39, 0.29) is 12.5 Å². The summed E-state index contributed by atoms with van der Waals surface area (Å²) in [5, 5.41) is 22.4. The van der Waals surface area contributed by atoms with Gasteiger partial charge in [0.2, 0.25) is 0 Å². The molecule has 27 heavy (non-hydrogen) atoms. The number of alkyl halides is 3. The quantitative estimate of drug-likeness (QED) is 0.867. The second-order valence-electron chi connectivity index (χ2n) is 7.35. The SMILES string of the molecule is OC(CN1CCC(c2nnc3ccc(N4CCCC4)nn23)CC1)C(F)(F)F. The molecule has 148 valence electrons. The number of piperidine rings is 1. The van der Waals surface area contributed by atoms with E-state index in [4.69, 9.17) is 5.10 Å². The van der Waals surface area contributed by atoms with E-state index < -0.39 is 12.3 Å². The maximum absolute atomic E-state index is 12.5. The lowest BCUT2D eigenvalue weighted by Gasteiger charge is -2.32. The minimum atomic E-state index is -4.57. The molecule has 0 saturated carbocycles. The largest absolute Gasteiger partial charge is 0.415 e. The summed E-state index contributed by atoms with van der Waals surface area (Å²) >= 11 is 0. The molecular formula is C17H23F3N6O. The highest BCUT2D eigenvalue weighted by molar-refractivity contribution is 5.46. The third-order valence-corrected chi connectivity index (χ3v) is 5.46. The molecule has 0 aliphatic carbocycles. The summed E-state index contributed by atoms with van der Waals surface area (Å²) in [6, 6.07) is 3.87. The summed E-state index contributed by atoms with van der Waals surface area (Å²) in [6.07, 6.45) is -3.21. The first-order chi connectivity index (χ1) is 12.9. The van der Waals surface area contributed by atoms with Crippen LogP contribution in [0.1, 0.15) is 37.4 Å². The molecule has 4 heterocycles. The van der Waals surface area contributed by atoms with Crippen LogP contribution in [0.2, 0.25) is 0 Å². The van der Waals surface area contributed by atoms with Gasteiger partial charge in [-0.15, -0.1) is 15.3 Å². The fourth-order valence-corrected chi connectivity index (χ4v) is 3.89. The average molecular weight is 384 g/mol. The number of halogens is 3. The molecule has 10 heteroatoms. The van der Waals surface area contributed by atoms with Crippen molar-refractivity contribution in [1.29, 1.82) is 0 Å². The van der Waals surface area contributed by atoms with Gasteiger partial charge in [-0.25, -0.2) is 0 Å². The standard InChI is InChI=1S/C17H23F3N6O/c18-17(19,20)13(27)11-24-9-5-12(6-10-24)16-22-21-14-3-4-15(23-26(14)16)25-7-1-2-8-25/h3-4,12-13,27H,1-2,5-11H2. The van der Waals surface area contributed by atoms with E-state index in [2.05, 4.69) is 15.1 Å². The van der Waals surface area contributed by atoms with Crippen LogP contribution in [0.4, 0.5) is 19.0 Å². The molecule has 0 aromatic carbocycles. The molecule has 4 rings (SSSR count). The Balaban J connectivity index is 1.45. The first-order valence-corrected chi connectivity index (χ1v) is 9.36. The Kier molecular flexibility index (Phi) is 4.94. The van der Waals surface area contributed by atoms with Crippen molar-refractivity contribution in [1.82, 2.24) is 24.7 Å². The minimum absolute atomic E-state index is 0.0978. The van der Waals surface area contributed by atoms with Crippen LogP contribution in [0.3, 0.4) is 0 Å². The number of aliphatic hydroxyl groups is 1. The summed E-state index contributed by atoms with van der Waals surface area (Å²) in [6.45, 7) is 2.58. The smallest absolute Gasteiger partial charge is 0.382 e. The van der Waals surface area contributed by atoms with E-state index in [0.29, 0.717) is 31.6 Å². The van der Waals surface area contributed by atoms with Gasteiger partial charge in [-0.1, -0.05) is 0 Å². The number of likely N-dealkylation sites (tertiary alicyclic amines) is 1. The lowest BCUT2D eigenvalue weighted by Crippen LogP contribution is -2.44. The first kappa shape index (κ1) is 18.4. The van der Waals surface area contributed by atoms with E-state index >= 15 is 0 Å². The third kappa shape index (κ3) is 3.86. The van der Waals surface area contributed by atoms with E-state index in [1.165, 1.54) is 0 Å². The maximum Gasteiger partial charge on any atom is 0.415 e. The van der Waals surface area contributed by atoms with Gasteiger partial charge in [-0.05, 0) is 50.9 Å². The number of anilines is 1. The van der Waals surface area contributed by atoms with Crippen LogP contribution < -0.4 is 4.90 Å². The highest BCUT2D eigenvalue weighted by Crippen LogP contribution is 2.29. The van der Waals surface area contributed by atoms with E-state index in [9.17, 15) is 18.3 Å². The molecule has 0 bridgehead atoms. The van der Waals surface area contributed by atoms with Gasteiger partial charge in [0, 0.05) is 25.6 Å². The zero-order chi connectivity index (χ0) is 19.0. The maximum atomic E-state index is 12.5. The van der Waals surface area contributed by atoms with Crippen molar-refractivity contribution >= 4 is 11.5 Å². The summed E-state index contributed by atoms with van der Waals surface area (Å²) in [5.74, 6) is 1.77. The molecule has 2 aliphatic rings. The van der Waals surface area contributed by atoms with Crippen molar-refractivity contribution in [3.63, 3.8) is 0 Å². The Morgan fingerprint density at radius 3 is 2.44 bits per heavy atom. The van der Waals surface area contributed by atoms with Gasteiger partial charge in [-0.3, -0.25) is 0 Å². The Labute approximate surface area is 154 Å². The van der Waals surface area contributed by atoms with Crippen LogP contribution >= 0.6 is 0 Å². The van der Waals surface area contributed by atoms with E-state index in [1.807, 2.05) is 12.1 Å². The predicted molar refractivity (Wildman–Crippen MR) is 92.7 cm³/mol. The highest BCUT2D eigenvalue weighted by Gasteiger charge is 2.39. The number of rotatable bonds is 4. The molecule has 2 fully saturated rings. The van der Waals surface area contributed by atoms with Crippen LogP contribution in [0.25, 0.3) is 5.65 Å². The second kappa shape index (κ2) is 7.23. The van der Waals surface area contributed by atoms with Crippen LogP contribution in [0.5, 0.6) is 0 Å². The molecule has 1 N–H and O–H groups in total. The highest BCUT2D eigenvalue weighted by atomic mass is 19.4. The Morgan fingerprint density at radius 1 is 1.07 bits per heavy atom. The summed E-state index contributed by atoms with van der Waals surface area (Å²) in [5.41, 5.74) is 0.683. The number of hydrogen-bond donors (Lipinski definition) is 1. The predicted octanol–water partition coefficient (Wildman–Crippen LogP) is 1.83. The lowest BCUT2D eigenvalue weighted by molar-refractivity contribution is -0.208. The van der Waals surface area contributed by atoms with E-state index in [0.717, 1.165) is 37.6 Å². The molecule has 2 aromatic heterocycles. The van der Waals surface area contributed by atoms with Gasteiger partial charge in [0.1, 0.15) is 5.82 Å². The van der Waals surface area contributed by atoms with Crippen molar-refractivity contribution in [3.05, 3.63) is 18.0 Å². The van der Waals surface area contributed by atoms with Crippen molar-refractivity contribution in [2.45, 2.75) is 43.9 Å². The molecule has 0 amide bonds. The molecule has 1 atom stereocenters. The number of hydrogen-bond acceptors (Lipinski definition) is 6. The zero-order valence-electron chi connectivity index (χ0n) is 14.9. The zero-order valence-corrected chi connectivity index (χ0v) is 14.9.